The van der Waals surface area contributed by atoms with Gasteiger partial charge >= 0.3 is 6.36 Å². The zero-order valence-electron chi connectivity index (χ0n) is 20.6. The van der Waals surface area contributed by atoms with Crippen molar-refractivity contribution in [3.05, 3.63) is 0 Å². The number of likely N-dealkylation sites (tertiary alicyclic amines) is 1. The van der Waals surface area contributed by atoms with E-state index < -0.39 is 53.7 Å². The highest BCUT2D eigenvalue weighted by atomic mass is 19.4. The largest absolute Gasteiger partial charge is 0.522 e. The van der Waals surface area contributed by atoms with Gasteiger partial charge in [0.25, 0.3) is 5.91 Å². The Kier molecular flexibility index (Phi) is 7.40. The van der Waals surface area contributed by atoms with Crippen LogP contribution in [-0.4, -0.2) is 78.8 Å². The minimum atomic E-state index is -5.01. The van der Waals surface area contributed by atoms with Crippen LogP contribution in [0.5, 0.6) is 0 Å². The van der Waals surface area contributed by atoms with E-state index in [1.54, 1.807) is 11.8 Å². The molecule has 2 N–H and O–H groups in total. The Balaban J connectivity index is 1.56. The van der Waals surface area contributed by atoms with E-state index in [1.165, 1.54) is 0 Å². The lowest BCUT2D eigenvalue weighted by atomic mass is 9.76. The lowest BCUT2D eigenvalue weighted by molar-refractivity contribution is -0.321. The normalized spacial score (nSPS) is 35.0. The van der Waals surface area contributed by atoms with Crippen LogP contribution in [0.15, 0.2) is 0 Å². The number of ether oxygens (including phenoxy) is 2. The van der Waals surface area contributed by atoms with Crippen LogP contribution in [0.4, 0.5) is 13.2 Å². The molecule has 0 radical (unpaired) electrons. The quantitative estimate of drug-likeness (QED) is 0.507. The van der Waals surface area contributed by atoms with Gasteiger partial charge in [-0.3, -0.25) is 23.9 Å². The molecule has 0 bridgehead atoms. The summed E-state index contributed by atoms with van der Waals surface area (Å²) in [5, 5.41) is 5.25. The molecule has 3 amide bonds. The number of halogens is 3. The monoisotopic (exact) mass is 517 g/mol. The van der Waals surface area contributed by atoms with E-state index in [1.807, 2.05) is 6.92 Å². The molecule has 3 heterocycles. The predicted molar refractivity (Wildman–Crippen MR) is 119 cm³/mol. The third-order valence-electron chi connectivity index (χ3n) is 8.50. The average Bonchev–Trinajstić information content (AvgIpc) is 3.55. The number of nitrogens with zero attached hydrogens (tertiary/aromatic N) is 1. The standard InChI is InChI=1S/C24H34F3N3O6/c1-22-7-3-5-15(22)12-30(21(34)23(2)8-4-10-35-23)18(22)20(33)29-16(11-14-6-9-28-19(14)32)17(31)13-36-24(25,26)27/h14-16,18H,3-13H2,1-2H3,(H,28,32)(H,29,33)/t14-,15-,16-,18+,22?,23?/m0/s1. The zero-order valence-corrected chi connectivity index (χ0v) is 20.6. The van der Waals surface area contributed by atoms with Crippen LogP contribution < -0.4 is 10.6 Å². The molecule has 0 spiro atoms. The fourth-order valence-corrected chi connectivity index (χ4v) is 6.44. The first kappa shape index (κ1) is 26.8. The number of hydrogen-bond acceptors (Lipinski definition) is 6. The number of fused-ring (bicyclic) bond motifs is 1. The number of nitrogens with one attached hydrogen (secondary N) is 2. The molecule has 0 aromatic heterocycles. The number of amides is 3. The molecule has 3 aliphatic heterocycles. The number of Topliss-reactive ketones (excluding diaryl/α,β-unsaturated/α-hetero) is 1. The van der Waals surface area contributed by atoms with Gasteiger partial charge in [-0.25, -0.2) is 0 Å². The van der Waals surface area contributed by atoms with Gasteiger partial charge in [-0.1, -0.05) is 13.3 Å². The van der Waals surface area contributed by atoms with Crippen LogP contribution >= 0.6 is 0 Å². The van der Waals surface area contributed by atoms with Crippen molar-refractivity contribution < 1.29 is 41.8 Å². The molecular formula is C24H34F3N3O6. The molecule has 2 unspecified atom stereocenters. The third kappa shape index (κ3) is 5.25. The highest BCUT2D eigenvalue weighted by Crippen LogP contribution is 2.53. The van der Waals surface area contributed by atoms with Crippen molar-refractivity contribution in [3.63, 3.8) is 0 Å². The molecule has 36 heavy (non-hydrogen) atoms. The molecule has 202 valence electrons. The zero-order chi connectivity index (χ0) is 26.3. The molecule has 4 rings (SSSR count). The van der Waals surface area contributed by atoms with E-state index in [9.17, 15) is 32.3 Å². The summed E-state index contributed by atoms with van der Waals surface area (Å²) in [4.78, 5) is 53.7. The summed E-state index contributed by atoms with van der Waals surface area (Å²) in [6.45, 7) is 3.61. The molecule has 4 fully saturated rings. The second-order valence-electron chi connectivity index (χ2n) is 10.9. The van der Waals surface area contributed by atoms with Crippen molar-refractivity contribution >= 4 is 23.5 Å². The van der Waals surface area contributed by atoms with Gasteiger partial charge in [-0.15, -0.1) is 13.2 Å². The van der Waals surface area contributed by atoms with Crippen molar-refractivity contribution in [1.29, 1.82) is 0 Å². The molecule has 3 saturated heterocycles. The Labute approximate surface area is 207 Å². The first-order chi connectivity index (χ1) is 16.8. The van der Waals surface area contributed by atoms with Crippen LogP contribution in [-0.2, 0) is 28.7 Å². The van der Waals surface area contributed by atoms with E-state index in [-0.39, 0.29) is 24.2 Å². The predicted octanol–water partition coefficient (Wildman–Crippen LogP) is 1.69. The SMILES string of the molecule is CC1(C(=O)N2C[C@@H]3CCCC3(C)[C@H]2C(=O)N[C@@H](C[C@@H]2CCNC2=O)C(=O)COC(F)(F)F)CCCO1. The van der Waals surface area contributed by atoms with Gasteiger partial charge in [0, 0.05) is 31.0 Å². The van der Waals surface area contributed by atoms with Crippen molar-refractivity contribution in [2.45, 2.75) is 82.8 Å². The average molecular weight is 518 g/mol. The highest BCUT2D eigenvalue weighted by Gasteiger charge is 2.60. The van der Waals surface area contributed by atoms with Gasteiger partial charge < -0.3 is 20.3 Å². The van der Waals surface area contributed by atoms with Gasteiger partial charge in [0.2, 0.25) is 11.8 Å². The van der Waals surface area contributed by atoms with Gasteiger partial charge in [-0.2, -0.15) is 0 Å². The van der Waals surface area contributed by atoms with Crippen molar-refractivity contribution in [2.24, 2.45) is 17.3 Å². The van der Waals surface area contributed by atoms with Crippen molar-refractivity contribution in [2.75, 3.05) is 26.3 Å². The summed E-state index contributed by atoms with van der Waals surface area (Å²) in [7, 11) is 0. The van der Waals surface area contributed by atoms with Gasteiger partial charge in [0.15, 0.2) is 5.78 Å². The molecule has 9 nitrogen and oxygen atoms in total. The number of hydrogen-bond donors (Lipinski definition) is 2. The highest BCUT2D eigenvalue weighted by molar-refractivity contribution is 5.96. The molecule has 12 heteroatoms. The number of carbonyl (C=O) groups excluding carboxylic acids is 4. The maximum Gasteiger partial charge on any atom is 0.522 e. The molecule has 0 aromatic rings. The second-order valence-corrected chi connectivity index (χ2v) is 10.9. The Morgan fingerprint density at radius 1 is 1.22 bits per heavy atom. The van der Waals surface area contributed by atoms with Crippen molar-refractivity contribution in [3.8, 4) is 0 Å². The first-order valence-corrected chi connectivity index (χ1v) is 12.6. The van der Waals surface area contributed by atoms with E-state index >= 15 is 0 Å². The number of rotatable bonds is 8. The van der Waals surface area contributed by atoms with Crippen LogP contribution in [0.2, 0.25) is 0 Å². The summed E-state index contributed by atoms with van der Waals surface area (Å²) in [5.74, 6) is -2.70. The molecule has 0 aromatic carbocycles. The lowest BCUT2D eigenvalue weighted by Gasteiger charge is -2.37. The Morgan fingerprint density at radius 3 is 2.58 bits per heavy atom. The summed E-state index contributed by atoms with van der Waals surface area (Å²) in [5.41, 5.74) is -1.57. The molecule has 1 saturated carbocycles. The maximum atomic E-state index is 13.7. The number of carbonyl (C=O) groups is 4. The molecular weight excluding hydrogens is 483 g/mol. The lowest BCUT2D eigenvalue weighted by Crippen LogP contribution is -2.58. The topological polar surface area (TPSA) is 114 Å². The first-order valence-electron chi connectivity index (χ1n) is 12.6. The smallest absolute Gasteiger partial charge is 0.365 e. The Hall–Kier alpha value is -2.21. The van der Waals surface area contributed by atoms with Crippen molar-refractivity contribution in [1.82, 2.24) is 15.5 Å². The minimum Gasteiger partial charge on any atom is -0.365 e. The van der Waals surface area contributed by atoms with Crippen LogP contribution in [0.3, 0.4) is 0 Å². The second kappa shape index (κ2) is 9.92. The van der Waals surface area contributed by atoms with E-state index in [4.69, 9.17) is 4.74 Å². The van der Waals surface area contributed by atoms with Crippen LogP contribution in [0.25, 0.3) is 0 Å². The van der Waals surface area contributed by atoms with Crippen LogP contribution in [0, 0.1) is 17.3 Å². The van der Waals surface area contributed by atoms with Crippen LogP contribution in [0.1, 0.15) is 58.8 Å². The van der Waals surface area contributed by atoms with Gasteiger partial charge in [0.1, 0.15) is 18.2 Å². The van der Waals surface area contributed by atoms with Gasteiger partial charge in [-0.05, 0) is 51.4 Å². The molecule has 1 aliphatic carbocycles. The molecule has 4 aliphatic rings. The number of ketones is 1. The Bertz CT molecular complexity index is 906. The Morgan fingerprint density at radius 2 is 1.97 bits per heavy atom. The summed E-state index contributed by atoms with van der Waals surface area (Å²) >= 11 is 0. The van der Waals surface area contributed by atoms with E-state index in [0.29, 0.717) is 39.0 Å². The maximum absolute atomic E-state index is 13.7. The van der Waals surface area contributed by atoms with Gasteiger partial charge in [0.05, 0.1) is 6.04 Å². The fourth-order valence-electron chi connectivity index (χ4n) is 6.44. The molecule has 6 atom stereocenters. The van der Waals surface area contributed by atoms with E-state index in [2.05, 4.69) is 15.4 Å². The minimum absolute atomic E-state index is 0.0885. The summed E-state index contributed by atoms with van der Waals surface area (Å²) < 4.78 is 47.2. The number of alkyl halides is 3. The fraction of sp³-hybridized carbons (Fsp3) is 0.833. The third-order valence-corrected chi connectivity index (χ3v) is 8.50. The summed E-state index contributed by atoms with van der Waals surface area (Å²) in [6, 6.07) is -2.25. The van der Waals surface area contributed by atoms with E-state index in [0.717, 1.165) is 19.3 Å². The summed E-state index contributed by atoms with van der Waals surface area (Å²) in [6.07, 6.45) is -1.03.